The molecular weight excluding hydrogens is 274 g/mol. The zero-order valence-electron chi connectivity index (χ0n) is 11.8. The van der Waals surface area contributed by atoms with E-state index < -0.39 is 11.6 Å². The molecule has 0 fully saturated rings. The van der Waals surface area contributed by atoms with E-state index in [1.807, 2.05) is 13.0 Å². The fraction of sp³-hybridized carbons (Fsp3) is 0.188. The number of anilines is 1. The summed E-state index contributed by atoms with van der Waals surface area (Å²) in [7, 11) is 1.56. The second kappa shape index (κ2) is 6.35. The third-order valence-corrected chi connectivity index (χ3v) is 3.13. The van der Waals surface area contributed by atoms with Crippen molar-refractivity contribution in [2.75, 3.05) is 12.4 Å². The summed E-state index contributed by atoms with van der Waals surface area (Å²) in [5.74, 6) is -1.40. The van der Waals surface area contributed by atoms with Crippen molar-refractivity contribution in [1.82, 2.24) is 5.32 Å². The van der Waals surface area contributed by atoms with Crippen LogP contribution in [-0.2, 0) is 6.54 Å². The van der Waals surface area contributed by atoms with Crippen LogP contribution in [0.4, 0.5) is 14.5 Å². The third kappa shape index (κ3) is 3.78. The molecule has 21 heavy (non-hydrogen) atoms. The van der Waals surface area contributed by atoms with E-state index in [-0.39, 0.29) is 12.5 Å². The largest absolute Gasteiger partial charge is 0.381 e. The predicted molar refractivity (Wildman–Crippen MR) is 78.3 cm³/mol. The van der Waals surface area contributed by atoms with Gasteiger partial charge in [-0.3, -0.25) is 4.79 Å². The standard InChI is InChI=1S/C16H16F2N2O/c1-10-3-4-12(16(21)19-2)7-15(10)20-9-11-5-13(17)8-14(18)6-11/h3-8,20H,9H2,1-2H3,(H,19,21). The van der Waals surface area contributed by atoms with Gasteiger partial charge in [-0.15, -0.1) is 0 Å². The summed E-state index contributed by atoms with van der Waals surface area (Å²) >= 11 is 0. The van der Waals surface area contributed by atoms with Crippen molar-refractivity contribution < 1.29 is 13.6 Å². The summed E-state index contributed by atoms with van der Waals surface area (Å²) < 4.78 is 26.3. The molecule has 1 amide bonds. The Hall–Kier alpha value is -2.43. The number of carbonyl (C=O) groups excluding carboxylic acids is 1. The molecule has 2 aromatic carbocycles. The van der Waals surface area contributed by atoms with Gasteiger partial charge in [0.1, 0.15) is 11.6 Å². The first-order valence-corrected chi connectivity index (χ1v) is 6.51. The van der Waals surface area contributed by atoms with Crippen molar-refractivity contribution >= 4 is 11.6 Å². The Balaban J connectivity index is 2.17. The molecule has 0 aliphatic rings. The van der Waals surface area contributed by atoms with E-state index in [0.717, 1.165) is 17.3 Å². The molecule has 3 nitrogen and oxygen atoms in total. The van der Waals surface area contributed by atoms with Crippen LogP contribution in [0, 0.1) is 18.6 Å². The van der Waals surface area contributed by atoms with Crippen molar-refractivity contribution in [2.24, 2.45) is 0 Å². The first-order valence-electron chi connectivity index (χ1n) is 6.51. The molecule has 2 aromatic rings. The minimum Gasteiger partial charge on any atom is -0.381 e. The van der Waals surface area contributed by atoms with E-state index in [9.17, 15) is 13.6 Å². The Kier molecular flexibility index (Phi) is 4.52. The van der Waals surface area contributed by atoms with Gasteiger partial charge in [0.25, 0.3) is 5.91 Å². The van der Waals surface area contributed by atoms with Crippen LogP contribution < -0.4 is 10.6 Å². The molecule has 0 unspecified atom stereocenters. The van der Waals surface area contributed by atoms with E-state index >= 15 is 0 Å². The van der Waals surface area contributed by atoms with Crippen molar-refractivity contribution in [3.8, 4) is 0 Å². The first kappa shape index (κ1) is 15.0. The van der Waals surface area contributed by atoms with Gasteiger partial charge in [-0.05, 0) is 42.3 Å². The number of rotatable bonds is 4. The van der Waals surface area contributed by atoms with E-state index in [4.69, 9.17) is 0 Å². The van der Waals surface area contributed by atoms with Gasteiger partial charge >= 0.3 is 0 Å². The van der Waals surface area contributed by atoms with Gasteiger partial charge in [-0.1, -0.05) is 6.07 Å². The zero-order chi connectivity index (χ0) is 15.4. The van der Waals surface area contributed by atoms with Crippen LogP contribution in [0.1, 0.15) is 21.5 Å². The van der Waals surface area contributed by atoms with E-state index in [2.05, 4.69) is 10.6 Å². The molecule has 0 aromatic heterocycles. The molecule has 0 spiro atoms. The maximum atomic E-state index is 13.1. The van der Waals surface area contributed by atoms with Crippen molar-refractivity contribution in [3.63, 3.8) is 0 Å². The highest BCUT2D eigenvalue weighted by Crippen LogP contribution is 2.18. The molecule has 0 aliphatic carbocycles. The Morgan fingerprint density at radius 1 is 1.10 bits per heavy atom. The molecule has 0 atom stereocenters. The molecule has 0 saturated carbocycles. The highest BCUT2D eigenvalue weighted by molar-refractivity contribution is 5.95. The summed E-state index contributed by atoms with van der Waals surface area (Å²) in [6.07, 6.45) is 0. The molecule has 0 bridgehead atoms. The van der Waals surface area contributed by atoms with Crippen LogP contribution in [-0.4, -0.2) is 13.0 Å². The molecule has 0 heterocycles. The lowest BCUT2D eigenvalue weighted by Gasteiger charge is -2.11. The molecular formula is C16H16F2N2O. The minimum absolute atomic E-state index is 0.185. The molecule has 110 valence electrons. The lowest BCUT2D eigenvalue weighted by molar-refractivity contribution is 0.0963. The van der Waals surface area contributed by atoms with Gasteiger partial charge in [0, 0.05) is 30.9 Å². The number of halogens is 2. The number of aryl methyl sites for hydroxylation is 1. The first-order chi connectivity index (χ1) is 9.99. The number of carbonyl (C=O) groups is 1. The quantitative estimate of drug-likeness (QED) is 0.907. The van der Waals surface area contributed by atoms with Crippen LogP contribution in [0.5, 0.6) is 0 Å². The molecule has 0 radical (unpaired) electrons. The number of amides is 1. The highest BCUT2D eigenvalue weighted by atomic mass is 19.1. The van der Waals surface area contributed by atoms with Crippen LogP contribution >= 0.6 is 0 Å². The molecule has 2 N–H and O–H groups in total. The number of hydrogen-bond donors (Lipinski definition) is 2. The van der Waals surface area contributed by atoms with E-state index in [1.54, 1.807) is 19.2 Å². The summed E-state index contributed by atoms with van der Waals surface area (Å²) in [4.78, 5) is 11.6. The Bertz CT molecular complexity index is 651. The summed E-state index contributed by atoms with van der Waals surface area (Å²) in [5.41, 5.74) is 2.72. The summed E-state index contributed by atoms with van der Waals surface area (Å²) in [6, 6.07) is 8.63. The van der Waals surface area contributed by atoms with Gasteiger partial charge < -0.3 is 10.6 Å². The van der Waals surface area contributed by atoms with Crippen molar-refractivity contribution in [2.45, 2.75) is 13.5 Å². The van der Waals surface area contributed by atoms with Crippen LogP contribution in [0.2, 0.25) is 0 Å². The molecule has 0 saturated heterocycles. The third-order valence-electron chi connectivity index (χ3n) is 3.13. The monoisotopic (exact) mass is 290 g/mol. The predicted octanol–water partition coefficient (Wildman–Crippen LogP) is 3.24. The van der Waals surface area contributed by atoms with Crippen LogP contribution in [0.25, 0.3) is 0 Å². The Labute approximate surface area is 122 Å². The SMILES string of the molecule is CNC(=O)c1ccc(C)c(NCc2cc(F)cc(F)c2)c1. The van der Waals surface area contributed by atoms with E-state index in [1.165, 1.54) is 12.1 Å². The van der Waals surface area contributed by atoms with E-state index in [0.29, 0.717) is 11.1 Å². The second-order valence-corrected chi connectivity index (χ2v) is 4.74. The lowest BCUT2D eigenvalue weighted by Crippen LogP contribution is -2.18. The van der Waals surface area contributed by atoms with Gasteiger partial charge in [0.15, 0.2) is 0 Å². The van der Waals surface area contributed by atoms with Gasteiger partial charge in [0.2, 0.25) is 0 Å². The normalized spacial score (nSPS) is 10.3. The number of nitrogens with one attached hydrogen (secondary N) is 2. The van der Waals surface area contributed by atoms with Gasteiger partial charge in [-0.2, -0.15) is 0 Å². The summed E-state index contributed by atoms with van der Waals surface area (Å²) in [5, 5.41) is 5.64. The zero-order valence-corrected chi connectivity index (χ0v) is 11.8. The highest BCUT2D eigenvalue weighted by Gasteiger charge is 2.07. The lowest BCUT2D eigenvalue weighted by atomic mass is 10.1. The average molecular weight is 290 g/mol. The van der Waals surface area contributed by atoms with Gasteiger partial charge in [0.05, 0.1) is 0 Å². The minimum atomic E-state index is -0.609. The fourth-order valence-corrected chi connectivity index (χ4v) is 2.01. The van der Waals surface area contributed by atoms with Crippen molar-refractivity contribution in [3.05, 3.63) is 64.7 Å². The van der Waals surface area contributed by atoms with Crippen LogP contribution in [0.3, 0.4) is 0 Å². The number of hydrogen-bond acceptors (Lipinski definition) is 2. The van der Waals surface area contributed by atoms with Crippen LogP contribution in [0.15, 0.2) is 36.4 Å². The average Bonchev–Trinajstić information content (AvgIpc) is 2.44. The van der Waals surface area contributed by atoms with Gasteiger partial charge in [-0.25, -0.2) is 8.78 Å². The smallest absolute Gasteiger partial charge is 0.251 e. The Morgan fingerprint density at radius 3 is 2.38 bits per heavy atom. The maximum absolute atomic E-state index is 13.1. The molecule has 0 aliphatic heterocycles. The maximum Gasteiger partial charge on any atom is 0.251 e. The second-order valence-electron chi connectivity index (χ2n) is 4.74. The number of benzene rings is 2. The Morgan fingerprint density at radius 2 is 1.76 bits per heavy atom. The summed E-state index contributed by atoms with van der Waals surface area (Å²) in [6.45, 7) is 2.16. The molecule has 2 rings (SSSR count). The molecule has 5 heteroatoms. The fourth-order valence-electron chi connectivity index (χ4n) is 2.01. The van der Waals surface area contributed by atoms with Crippen molar-refractivity contribution in [1.29, 1.82) is 0 Å². The topological polar surface area (TPSA) is 41.1 Å².